The first-order valence-electron chi connectivity index (χ1n) is 9.96. The second-order valence-electron chi connectivity index (χ2n) is 7.37. The van der Waals surface area contributed by atoms with Crippen molar-refractivity contribution in [1.29, 1.82) is 0 Å². The number of carbonyl (C=O) groups is 1. The molecule has 0 saturated heterocycles. The predicted octanol–water partition coefficient (Wildman–Crippen LogP) is 4.44. The molecular weight excluding hydrogens is 370 g/mol. The van der Waals surface area contributed by atoms with Crippen LogP contribution >= 0.6 is 11.8 Å². The highest BCUT2D eigenvalue weighted by atomic mass is 32.2. The minimum atomic E-state index is -0.0282. The van der Waals surface area contributed by atoms with Gasteiger partial charge in [0.1, 0.15) is 0 Å². The molecule has 7 heteroatoms. The maximum atomic E-state index is 12.4. The van der Waals surface area contributed by atoms with Gasteiger partial charge in [-0.1, -0.05) is 38.1 Å². The van der Waals surface area contributed by atoms with E-state index in [2.05, 4.69) is 59.8 Å². The van der Waals surface area contributed by atoms with Crippen LogP contribution in [0.3, 0.4) is 0 Å². The Morgan fingerprint density at radius 2 is 1.96 bits per heavy atom. The largest absolute Gasteiger partial charge is 0.325 e. The van der Waals surface area contributed by atoms with Gasteiger partial charge in [0.2, 0.25) is 5.91 Å². The van der Waals surface area contributed by atoms with Crippen molar-refractivity contribution in [3.63, 3.8) is 0 Å². The van der Waals surface area contributed by atoms with E-state index in [0.717, 1.165) is 42.5 Å². The molecule has 0 radical (unpaired) electrons. The first-order chi connectivity index (χ1) is 13.4. The van der Waals surface area contributed by atoms with Gasteiger partial charge in [-0.05, 0) is 64.0 Å². The molecule has 1 heterocycles. The molecule has 1 aromatic carbocycles. The third kappa shape index (κ3) is 5.82. The van der Waals surface area contributed by atoms with E-state index < -0.39 is 0 Å². The van der Waals surface area contributed by atoms with Gasteiger partial charge in [0.25, 0.3) is 0 Å². The van der Waals surface area contributed by atoms with E-state index in [1.54, 1.807) is 0 Å². The SMILES string of the molecule is CCCCn1c(SCC(=O)Nc2ccc(C)c(C)c2)nnc1[C@H](CC)N(C)C. The number of hydrogen-bond acceptors (Lipinski definition) is 5. The molecule has 154 valence electrons. The minimum Gasteiger partial charge on any atom is -0.325 e. The van der Waals surface area contributed by atoms with Crippen molar-refractivity contribution in [3.05, 3.63) is 35.2 Å². The maximum Gasteiger partial charge on any atom is 0.234 e. The second kappa shape index (κ2) is 10.6. The van der Waals surface area contributed by atoms with Crippen LogP contribution in [0.4, 0.5) is 5.69 Å². The standard InChI is InChI=1S/C21H33N5OS/c1-7-9-12-26-20(18(8-2)25(5)6)23-24-21(26)28-14-19(27)22-17-11-10-15(3)16(4)13-17/h10-11,13,18H,7-9,12,14H2,1-6H3,(H,22,27)/t18-/m0/s1. The van der Waals surface area contributed by atoms with Crippen molar-refractivity contribution >= 4 is 23.4 Å². The molecule has 1 amide bonds. The number of hydrogen-bond donors (Lipinski definition) is 1. The van der Waals surface area contributed by atoms with Crippen LogP contribution in [0, 0.1) is 13.8 Å². The molecule has 0 bridgehead atoms. The van der Waals surface area contributed by atoms with E-state index in [1.165, 1.54) is 22.9 Å². The van der Waals surface area contributed by atoms with Gasteiger partial charge >= 0.3 is 0 Å². The van der Waals surface area contributed by atoms with Crippen LogP contribution in [0.25, 0.3) is 0 Å². The third-order valence-corrected chi connectivity index (χ3v) is 5.88. The lowest BCUT2D eigenvalue weighted by molar-refractivity contribution is -0.113. The van der Waals surface area contributed by atoms with Crippen LogP contribution < -0.4 is 5.32 Å². The highest BCUT2D eigenvalue weighted by Crippen LogP contribution is 2.26. The van der Waals surface area contributed by atoms with E-state index in [9.17, 15) is 4.79 Å². The fourth-order valence-electron chi connectivity index (χ4n) is 3.10. The summed E-state index contributed by atoms with van der Waals surface area (Å²) >= 11 is 1.45. The van der Waals surface area contributed by atoms with Crippen LogP contribution in [0.2, 0.25) is 0 Å². The fourth-order valence-corrected chi connectivity index (χ4v) is 3.88. The Balaban J connectivity index is 2.08. The van der Waals surface area contributed by atoms with Gasteiger partial charge in [0.15, 0.2) is 11.0 Å². The summed E-state index contributed by atoms with van der Waals surface area (Å²) in [6, 6.07) is 6.19. The number of nitrogens with one attached hydrogen (secondary N) is 1. The summed E-state index contributed by atoms with van der Waals surface area (Å²) in [6.45, 7) is 9.33. The fraction of sp³-hybridized carbons (Fsp3) is 0.571. The Bertz CT molecular complexity index is 787. The molecule has 1 aromatic heterocycles. The van der Waals surface area contributed by atoms with Crippen LogP contribution in [-0.4, -0.2) is 45.4 Å². The number of nitrogens with zero attached hydrogens (tertiary/aromatic N) is 4. The molecule has 0 saturated carbocycles. The molecule has 1 N–H and O–H groups in total. The molecular formula is C21H33N5OS. The van der Waals surface area contributed by atoms with Crippen molar-refractivity contribution in [1.82, 2.24) is 19.7 Å². The molecule has 28 heavy (non-hydrogen) atoms. The normalized spacial score (nSPS) is 12.4. The Morgan fingerprint density at radius 1 is 1.21 bits per heavy atom. The van der Waals surface area contributed by atoms with Crippen molar-refractivity contribution in [2.75, 3.05) is 25.2 Å². The minimum absolute atomic E-state index is 0.0282. The van der Waals surface area contributed by atoms with E-state index in [1.807, 2.05) is 25.1 Å². The molecule has 0 aliphatic carbocycles. The number of anilines is 1. The Hall–Kier alpha value is -1.86. The van der Waals surface area contributed by atoms with Gasteiger partial charge in [0.05, 0.1) is 11.8 Å². The summed E-state index contributed by atoms with van der Waals surface area (Å²) in [4.78, 5) is 14.6. The number of carbonyl (C=O) groups excluding carboxylic acids is 1. The topological polar surface area (TPSA) is 63.1 Å². The molecule has 0 fully saturated rings. The lowest BCUT2D eigenvalue weighted by Crippen LogP contribution is -2.23. The highest BCUT2D eigenvalue weighted by molar-refractivity contribution is 7.99. The average molecular weight is 404 g/mol. The van der Waals surface area contributed by atoms with Crippen LogP contribution in [0.1, 0.15) is 56.1 Å². The number of aryl methyl sites for hydroxylation is 2. The lowest BCUT2D eigenvalue weighted by atomic mass is 10.1. The smallest absolute Gasteiger partial charge is 0.234 e. The summed E-state index contributed by atoms with van der Waals surface area (Å²) in [5, 5.41) is 12.7. The van der Waals surface area contributed by atoms with Crippen molar-refractivity contribution < 1.29 is 4.79 Å². The highest BCUT2D eigenvalue weighted by Gasteiger charge is 2.22. The molecule has 6 nitrogen and oxygen atoms in total. The van der Waals surface area contributed by atoms with Crippen LogP contribution in [0.5, 0.6) is 0 Å². The van der Waals surface area contributed by atoms with Crippen molar-refractivity contribution in [2.45, 2.75) is 64.7 Å². The Kier molecular flexibility index (Phi) is 8.51. The summed E-state index contributed by atoms with van der Waals surface area (Å²) in [5.74, 6) is 1.27. The van der Waals surface area contributed by atoms with E-state index in [0.29, 0.717) is 5.75 Å². The number of aromatic nitrogens is 3. The molecule has 2 aromatic rings. The number of rotatable bonds is 10. The molecule has 1 atom stereocenters. The summed E-state index contributed by atoms with van der Waals surface area (Å²) in [6.07, 6.45) is 3.14. The number of amides is 1. The Labute approximate surface area is 173 Å². The molecule has 0 aliphatic rings. The molecule has 0 unspecified atom stereocenters. The van der Waals surface area contributed by atoms with Gasteiger partial charge < -0.3 is 9.88 Å². The zero-order chi connectivity index (χ0) is 20.7. The first-order valence-corrected chi connectivity index (χ1v) is 10.9. The van der Waals surface area contributed by atoms with Gasteiger partial charge in [0, 0.05) is 12.2 Å². The molecule has 2 rings (SSSR count). The maximum absolute atomic E-state index is 12.4. The number of unbranched alkanes of at least 4 members (excludes halogenated alkanes) is 1. The van der Waals surface area contributed by atoms with Gasteiger partial charge in [-0.3, -0.25) is 9.69 Å². The first kappa shape index (κ1) is 22.4. The lowest BCUT2D eigenvalue weighted by Gasteiger charge is -2.23. The van der Waals surface area contributed by atoms with Crippen molar-refractivity contribution in [3.8, 4) is 0 Å². The van der Waals surface area contributed by atoms with Gasteiger partial charge in [-0.2, -0.15) is 0 Å². The monoisotopic (exact) mass is 403 g/mol. The zero-order valence-corrected chi connectivity index (χ0v) is 18.8. The number of benzene rings is 1. The van der Waals surface area contributed by atoms with E-state index in [-0.39, 0.29) is 11.9 Å². The van der Waals surface area contributed by atoms with Crippen molar-refractivity contribution in [2.24, 2.45) is 0 Å². The van der Waals surface area contributed by atoms with Gasteiger partial charge in [-0.25, -0.2) is 0 Å². The Morgan fingerprint density at radius 3 is 2.57 bits per heavy atom. The molecule has 0 aliphatic heterocycles. The van der Waals surface area contributed by atoms with Gasteiger partial charge in [-0.15, -0.1) is 10.2 Å². The van der Waals surface area contributed by atoms with Crippen LogP contribution in [0.15, 0.2) is 23.4 Å². The molecule has 0 spiro atoms. The summed E-state index contributed by atoms with van der Waals surface area (Å²) in [7, 11) is 4.13. The zero-order valence-electron chi connectivity index (χ0n) is 18.0. The summed E-state index contributed by atoms with van der Waals surface area (Å²) < 4.78 is 2.19. The number of thioether (sulfide) groups is 1. The summed E-state index contributed by atoms with van der Waals surface area (Å²) in [5.41, 5.74) is 3.22. The van der Waals surface area contributed by atoms with E-state index >= 15 is 0 Å². The third-order valence-electron chi connectivity index (χ3n) is 4.91. The second-order valence-corrected chi connectivity index (χ2v) is 8.31. The quantitative estimate of drug-likeness (QED) is 0.594. The predicted molar refractivity (Wildman–Crippen MR) is 117 cm³/mol. The van der Waals surface area contributed by atoms with Crippen LogP contribution in [-0.2, 0) is 11.3 Å². The van der Waals surface area contributed by atoms with E-state index in [4.69, 9.17) is 0 Å². The average Bonchev–Trinajstić information content (AvgIpc) is 3.04.